The Kier molecular flexibility index (Phi) is 5.43. The molecule has 0 nitrogen and oxygen atoms in total. The molecule has 2 heteroatoms. The zero-order chi connectivity index (χ0) is 12.6. The van der Waals surface area contributed by atoms with Crippen LogP contribution in [0.25, 0.3) is 0 Å². The van der Waals surface area contributed by atoms with Crippen molar-refractivity contribution in [3.8, 4) is 0 Å². The maximum Gasteiger partial charge on any atom is 0.0801 e. The molecule has 0 radical (unpaired) electrons. The molecule has 0 aliphatic heterocycles. The SMILES string of the molecule is C=CCSC(Sc1ccccc1)c1ccccc1. The minimum atomic E-state index is 0.423. The van der Waals surface area contributed by atoms with Gasteiger partial charge in [-0.15, -0.1) is 30.1 Å². The summed E-state index contributed by atoms with van der Waals surface area (Å²) < 4.78 is 0.423. The minimum Gasteiger partial charge on any atom is -0.138 e. The summed E-state index contributed by atoms with van der Waals surface area (Å²) in [5.74, 6) is 0.972. The van der Waals surface area contributed by atoms with Gasteiger partial charge in [0.15, 0.2) is 0 Å². The summed E-state index contributed by atoms with van der Waals surface area (Å²) in [6.45, 7) is 3.80. The summed E-state index contributed by atoms with van der Waals surface area (Å²) in [5.41, 5.74) is 1.36. The summed E-state index contributed by atoms with van der Waals surface area (Å²) in [4.78, 5) is 1.31. The Morgan fingerprint density at radius 1 is 0.944 bits per heavy atom. The van der Waals surface area contributed by atoms with Crippen LogP contribution in [0.1, 0.15) is 10.1 Å². The average Bonchev–Trinajstić information content (AvgIpc) is 2.45. The van der Waals surface area contributed by atoms with Gasteiger partial charge in [-0.1, -0.05) is 54.6 Å². The topological polar surface area (TPSA) is 0 Å². The lowest BCUT2D eigenvalue weighted by molar-refractivity contribution is 1.35. The second-order valence-corrected chi connectivity index (χ2v) is 6.41. The van der Waals surface area contributed by atoms with Gasteiger partial charge >= 0.3 is 0 Å². The van der Waals surface area contributed by atoms with E-state index >= 15 is 0 Å². The second-order valence-electron chi connectivity index (χ2n) is 3.80. The fourth-order valence-electron chi connectivity index (χ4n) is 1.59. The first-order chi connectivity index (χ1) is 8.90. The van der Waals surface area contributed by atoms with Crippen molar-refractivity contribution >= 4 is 23.5 Å². The number of hydrogen-bond donors (Lipinski definition) is 0. The zero-order valence-electron chi connectivity index (χ0n) is 10.2. The first kappa shape index (κ1) is 13.3. The van der Waals surface area contributed by atoms with Crippen LogP contribution >= 0.6 is 23.5 Å². The van der Waals surface area contributed by atoms with Gasteiger partial charge in [0, 0.05) is 10.6 Å². The van der Waals surface area contributed by atoms with Crippen molar-refractivity contribution in [3.05, 3.63) is 78.9 Å². The molecule has 0 spiro atoms. The van der Waals surface area contributed by atoms with E-state index in [-0.39, 0.29) is 0 Å². The maximum absolute atomic E-state index is 3.80. The molecule has 0 saturated carbocycles. The Bertz CT molecular complexity index is 465. The van der Waals surface area contributed by atoms with E-state index in [0.29, 0.717) is 4.58 Å². The zero-order valence-corrected chi connectivity index (χ0v) is 11.8. The molecule has 1 unspecified atom stereocenters. The summed E-state index contributed by atoms with van der Waals surface area (Å²) >= 11 is 3.81. The van der Waals surface area contributed by atoms with Gasteiger partial charge in [0.1, 0.15) is 0 Å². The van der Waals surface area contributed by atoms with Crippen LogP contribution in [0.5, 0.6) is 0 Å². The van der Waals surface area contributed by atoms with E-state index in [1.807, 2.05) is 29.6 Å². The standard InChI is InChI=1S/C16H16S2/c1-2-13-17-16(14-9-5-3-6-10-14)18-15-11-7-4-8-12-15/h2-12,16H,1,13H2. The lowest BCUT2D eigenvalue weighted by atomic mass is 10.2. The second kappa shape index (κ2) is 7.34. The van der Waals surface area contributed by atoms with Gasteiger partial charge in [-0.05, 0) is 17.7 Å². The highest BCUT2D eigenvalue weighted by Gasteiger charge is 2.12. The fraction of sp³-hybridized carbons (Fsp3) is 0.125. The van der Waals surface area contributed by atoms with E-state index in [2.05, 4.69) is 67.2 Å². The Labute approximate surface area is 118 Å². The monoisotopic (exact) mass is 272 g/mol. The third-order valence-corrected chi connectivity index (χ3v) is 5.15. The molecule has 2 aromatic rings. The lowest BCUT2D eigenvalue weighted by Crippen LogP contribution is -1.90. The van der Waals surface area contributed by atoms with Crippen molar-refractivity contribution in [2.75, 3.05) is 5.75 Å². The molecule has 0 aromatic heterocycles. The first-order valence-corrected chi connectivity index (χ1v) is 7.82. The molecule has 0 N–H and O–H groups in total. The van der Waals surface area contributed by atoms with E-state index in [4.69, 9.17) is 0 Å². The Morgan fingerprint density at radius 3 is 2.17 bits per heavy atom. The molecule has 2 rings (SSSR count). The van der Waals surface area contributed by atoms with E-state index < -0.39 is 0 Å². The molecule has 2 aromatic carbocycles. The average molecular weight is 272 g/mol. The number of benzene rings is 2. The van der Waals surface area contributed by atoms with Crippen LogP contribution in [0.2, 0.25) is 0 Å². The Balaban J connectivity index is 2.13. The number of rotatable bonds is 6. The number of hydrogen-bond acceptors (Lipinski definition) is 2. The molecule has 0 saturated heterocycles. The molecule has 92 valence electrons. The molecule has 0 aliphatic rings. The van der Waals surface area contributed by atoms with Gasteiger partial charge < -0.3 is 0 Å². The van der Waals surface area contributed by atoms with Gasteiger partial charge in [0.05, 0.1) is 4.58 Å². The van der Waals surface area contributed by atoms with E-state index in [0.717, 1.165) is 5.75 Å². The summed E-state index contributed by atoms with van der Waals surface area (Å²) in [6.07, 6.45) is 1.96. The molecule has 18 heavy (non-hydrogen) atoms. The van der Waals surface area contributed by atoms with Crippen molar-refractivity contribution in [2.24, 2.45) is 0 Å². The van der Waals surface area contributed by atoms with Crippen LogP contribution in [-0.2, 0) is 0 Å². The van der Waals surface area contributed by atoms with E-state index in [9.17, 15) is 0 Å². The van der Waals surface area contributed by atoms with Crippen molar-refractivity contribution < 1.29 is 0 Å². The maximum atomic E-state index is 3.80. The normalized spacial score (nSPS) is 12.0. The molecule has 0 fully saturated rings. The molecule has 0 amide bonds. The van der Waals surface area contributed by atoms with Gasteiger partial charge in [0.25, 0.3) is 0 Å². The van der Waals surface area contributed by atoms with Crippen molar-refractivity contribution in [3.63, 3.8) is 0 Å². The third-order valence-electron chi connectivity index (χ3n) is 2.42. The smallest absolute Gasteiger partial charge is 0.0801 e. The minimum absolute atomic E-state index is 0.423. The van der Waals surface area contributed by atoms with Crippen LogP contribution in [0, 0.1) is 0 Å². The van der Waals surface area contributed by atoms with Crippen molar-refractivity contribution in [1.29, 1.82) is 0 Å². The molecule has 1 atom stereocenters. The molecule has 0 aliphatic carbocycles. The van der Waals surface area contributed by atoms with Gasteiger partial charge in [-0.25, -0.2) is 0 Å². The summed E-state index contributed by atoms with van der Waals surface area (Å²) in [5, 5.41) is 0. The Hall–Kier alpha value is -1.12. The first-order valence-electron chi connectivity index (χ1n) is 5.89. The highest BCUT2D eigenvalue weighted by Crippen LogP contribution is 2.43. The molecule has 0 bridgehead atoms. The summed E-state index contributed by atoms with van der Waals surface area (Å²) in [7, 11) is 0. The lowest BCUT2D eigenvalue weighted by Gasteiger charge is -2.15. The highest BCUT2D eigenvalue weighted by atomic mass is 32.2. The van der Waals surface area contributed by atoms with Crippen molar-refractivity contribution in [2.45, 2.75) is 9.48 Å². The largest absolute Gasteiger partial charge is 0.138 e. The fourth-order valence-corrected chi connectivity index (χ4v) is 3.94. The van der Waals surface area contributed by atoms with Gasteiger partial charge in [0.2, 0.25) is 0 Å². The van der Waals surface area contributed by atoms with E-state index in [1.54, 1.807) is 0 Å². The van der Waals surface area contributed by atoms with Crippen LogP contribution in [0.3, 0.4) is 0 Å². The van der Waals surface area contributed by atoms with Crippen LogP contribution < -0.4 is 0 Å². The predicted octanol–water partition coefficient (Wildman–Crippen LogP) is 5.40. The van der Waals surface area contributed by atoms with Crippen LogP contribution in [-0.4, -0.2) is 5.75 Å². The predicted molar refractivity (Wildman–Crippen MR) is 84.1 cm³/mol. The van der Waals surface area contributed by atoms with Crippen LogP contribution in [0.4, 0.5) is 0 Å². The summed E-state index contributed by atoms with van der Waals surface area (Å²) in [6, 6.07) is 21.2. The molecular weight excluding hydrogens is 256 g/mol. The Morgan fingerprint density at radius 2 is 1.56 bits per heavy atom. The quantitative estimate of drug-likeness (QED) is 0.392. The third kappa shape index (κ3) is 3.97. The van der Waals surface area contributed by atoms with Crippen molar-refractivity contribution in [1.82, 2.24) is 0 Å². The van der Waals surface area contributed by atoms with Gasteiger partial charge in [-0.3, -0.25) is 0 Å². The van der Waals surface area contributed by atoms with Crippen LogP contribution in [0.15, 0.2) is 78.2 Å². The molecular formula is C16H16S2. The van der Waals surface area contributed by atoms with Gasteiger partial charge in [-0.2, -0.15) is 0 Å². The highest BCUT2D eigenvalue weighted by molar-refractivity contribution is 8.16. The molecule has 0 heterocycles. The van der Waals surface area contributed by atoms with E-state index in [1.165, 1.54) is 10.5 Å². The number of thioether (sulfide) groups is 2.